The van der Waals surface area contributed by atoms with Crippen LogP contribution in [0.15, 0.2) is 12.3 Å². The number of aromatic nitrogens is 1. The zero-order chi connectivity index (χ0) is 9.14. The van der Waals surface area contributed by atoms with Crippen LogP contribution in [0.3, 0.4) is 0 Å². The van der Waals surface area contributed by atoms with Gasteiger partial charge < -0.3 is 9.88 Å². The van der Waals surface area contributed by atoms with Gasteiger partial charge in [-0.15, -0.1) is 0 Å². The second-order valence-electron chi connectivity index (χ2n) is 3.16. The predicted molar refractivity (Wildman–Crippen MR) is 47.9 cm³/mol. The summed E-state index contributed by atoms with van der Waals surface area (Å²) in [6.45, 7) is 1.98. The lowest BCUT2D eigenvalue weighted by atomic mass is 10.2. The molecule has 0 atom stereocenters. The molecule has 12 heavy (non-hydrogen) atoms. The third-order valence-corrected chi connectivity index (χ3v) is 1.74. The quantitative estimate of drug-likeness (QED) is 0.697. The van der Waals surface area contributed by atoms with Crippen molar-refractivity contribution in [1.82, 2.24) is 9.88 Å². The van der Waals surface area contributed by atoms with Gasteiger partial charge in [0.1, 0.15) is 0 Å². The molecule has 1 N–H and O–H groups in total. The van der Waals surface area contributed by atoms with Crippen molar-refractivity contribution >= 4 is 5.91 Å². The molecule has 1 heterocycles. The molecule has 0 spiro atoms. The molecule has 3 nitrogen and oxygen atoms in total. The van der Waals surface area contributed by atoms with Gasteiger partial charge in [0.15, 0.2) is 0 Å². The van der Waals surface area contributed by atoms with Crippen molar-refractivity contribution in [2.45, 2.75) is 13.3 Å². The molecule has 1 amide bonds. The van der Waals surface area contributed by atoms with E-state index >= 15 is 0 Å². The number of aromatic amines is 1. The monoisotopic (exact) mass is 166 g/mol. The van der Waals surface area contributed by atoms with E-state index in [9.17, 15) is 4.79 Å². The number of rotatable bonds is 2. The fourth-order valence-electron chi connectivity index (χ4n) is 1.00. The molecule has 66 valence electrons. The van der Waals surface area contributed by atoms with E-state index in [0.717, 1.165) is 11.3 Å². The number of aryl methyl sites for hydroxylation is 1. The summed E-state index contributed by atoms with van der Waals surface area (Å²) in [7, 11) is 3.53. The summed E-state index contributed by atoms with van der Waals surface area (Å²) in [4.78, 5) is 15.9. The van der Waals surface area contributed by atoms with Crippen LogP contribution < -0.4 is 0 Å². The van der Waals surface area contributed by atoms with E-state index in [-0.39, 0.29) is 5.91 Å². The Labute approximate surface area is 72.4 Å². The smallest absolute Gasteiger partial charge is 0.226 e. The van der Waals surface area contributed by atoms with Gasteiger partial charge in [-0.05, 0) is 18.6 Å². The standard InChI is InChI=1S/C9H14N2O/c1-7-4-8(6-10-7)5-9(12)11(2)3/h4,6,10H,5H2,1-3H3. The Bertz CT molecular complexity index is 276. The molecule has 0 fully saturated rings. The molecule has 0 saturated heterocycles. The van der Waals surface area contributed by atoms with Crippen molar-refractivity contribution in [3.05, 3.63) is 23.5 Å². The van der Waals surface area contributed by atoms with Crippen molar-refractivity contribution in [1.29, 1.82) is 0 Å². The van der Waals surface area contributed by atoms with Gasteiger partial charge in [0.25, 0.3) is 0 Å². The molecular weight excluding hydrogens is 152 g/mol. The number of H-pyrrole nitrogens is 1. The topological polar surface area (TPSA) is 36.1 Å². The number of hydrogen-bond donors (Lipinski definition) is 1. The molecular formula is C9H14N2O. The van der Waals surface area contributed by atoms with E-state index < -0.39 is 0 Å². The van der Waals surface area contributed by atoms with Crippen LogP contribution in [0.2, 0.25) is 0 Å². The fraction of sp³-hybridized carbons (Fsp3) is 0.444. The first-order valence-corrected chi connectivity index (χ1v) is 3.93. The van der Waals surface area contributed by atoms with Gasteiger partial charge in [0, 0.05) is 26.0 Å². The van der Waals surface area contributed by atoms with Crippen molar-refractivity contribution in [2.75, 3.05) is 14.1 Å². The maximum absolute atomic E-state index is 11.2. The highest BCUT2D eigenvalue weighted by Gasteiger charge is 2.05. The number of nitrogens with zero attached hydrogens (tertiary/aromatic N) is 1. The summed E-state index contributed by atoms with van der Waals surface area (Å²) in [6, 6.07) is 1.99. The van der Waals surface area contributed by atoms with Gasteiger partial charge in [0.2, 0.25) is 5.91 Å². The lowest BCUT2D eigenvalue weighted by Crippen LogP contribution is -2.23. The molecule has 0 saturated carbocycles. The summed E-state index contributed by atoms with van der Waals surface area (Å²) >= 11 is 0. The second-order valence-corrected chi connectivity index (χ2v) is 3.16. The Morgan fingerprint density at radius 2 is 2.25 bits per heavy atom. The van der Waals surface area contributed by atoms with Crippen LogP contribution in [0.4, 0.5) is 0 Å². The van der Waals surface area contributed by atoms with E-state index in [1.54, 1.807) is 19.0 Å². The van der Waals surface area contributed by atoms with E-state index in [0.29, 0.717) is 6.42 Å². The van der Waals surface area contributed by atoms with E-state index in [2.05, 4.69) is 4.98 Å². The molecule has 0 unspecified atom stereocenters. The Hall–Kier alpha value is -1.25. The average molecular weight is 166 g/mol. The number of carbonyl (C=O) groups is 1. The normalized spacial score (nSPS) is 9.92. The minimum Gasteiger partial charge on any atom is -0.365 e. The third-order valence-electron chi connectivity index (χ3n) is 1.74. The highest BCUT2D eigenvalue weighted by Crippen LogP contribution is 2.03. The van der Waals surface area contributed by atoms with Gasteiger partial charge >= 0.3 is 0 Å². The maximum Gasteiger partial charge on any atom is 0.226 e. The highest BCUT2D eigenvalue weighted by molar-refractivity contribution is 5.78. The van der Waals surface area contributed by atoms with Crippen molar-refractivity contribution in [3.8, 4) is 0 Å². The molecule has 0 aliphatic rings. The SMILES string of the molecule is Cc1cc(CC(=O)N(C)C)c[nH]1. The van der Waals surface area contributed by atoms with Crippen LogP contribution in [0.25, 0.3) is 0 Å². The number of carbonyl (C=O) groups excluding carboxylic acids is 1. The van der Waals surface area contributed by atoms with Crippen LogP contribution in [0, 0.1) is 6.92 Å². The first-order valence-electron chi connectivity index (χ1n) is 3.93. The van der Waals surface area contributed by atoms with Crippen LogP contribution in [0.5, 0.6) is 0 Å². The van der Waals surface area contributed by atoms with Crippen molar-refractivity contribution in [2.24, 2.45) is 0 Å². The highest BCUT2D eigenvalue weighted by atomic mass is 16.2. The summed E-state index contributed by atoms with van der Waals surface area (Å²) in [5.41, 5.74) is 2.14. The molecule has 1 aromatic rings. The Morgan fingerprint density at radius 1 is 1.58 bits per heavy atom. The van der Waals surface area contributed by atoms with Gasteiger partial charge in [-0.1, -0.05) is 0 Å². The zero-order valence-electron chi connectivity index (χ0n) is 7.72. The first kappa shape index (κ1) is 8.84. The van der Waals surface area contributed by atoms with Crippen LogP contribution in [0.1, 0.15) is 11.3 Å². The summed E-state index contributed by atoms with van der Waals surface area (Å²) in [5, 5.41) is 0. The molecule has 0 aliphatic heterocycles. The van der Waals surface area contributed by atoms with Gasteiger partial charge in [-0.3, -0.25) is 4.79 Å². The first-order chi connectivity index (χ1) is 5.59. The molecule has 3 heteroatoms. The van der Waals surface area contributed by atoms with Crippen LogP contribution in [-0.4, -0.2) is 29.9 Å². The van der Waals surface area contributed by atoms with E-state index in [1.165, 1.54) is 0 Å². The average Bonchev–Trinajstić information content (AvgIpc) is 2.35. The Morgan fingerprint density at radius 3 is 2.67 bits per heavy atom. The summed E-state index contributed by atoms with van der Waals surface area (Å²) in [5.74, 6) is 0.133. The van der Waals surface area contributed by atoms with Gasteiger partial charge in [0.05, 0.1) is 6.42 Å². The predicted octanol–water partition coefficient (Wildman–Crippen LogP) is 0.954. The fourth-order valence-corrected chi connectivity index (χ4v) is 1.00. The molecule has 0 radical (unpaired) electrons. The van der Waals surface area contributed by atoms with Crippen molar-refractivity contribution < 1.29 is 4.79 Å². The maximum atomic E-state index is 11.2. The molecule has 1 rings (SSSR count). The third kappa shape index (κ3) is 2.12. The van der Waals surface area contributed by atoms with E-state index in [4.69, 9.17) is 0 Å². The second kappa shape index (κ2) is 3.43. The lowest BCUT2D eigenvalue weighted by Gasteiger charge is -2.08. The van der Waals surface area contributed by atoms with Gasteiger partial charge in [-0.2, -0.15) is 0 Å². The minimum atomic E-state index is 0.133. The molecule has 1 aromatic heterocycles. The number of nitrogens with one attached hydrogen (secondary N) is 1. The van der Waals surface area contributed by atoms with E-state index in [1.807, 2.05) is 19.2 Å². The zero-order valence-corrected chi connectivity index (χ0v) is 7.72. The van der Waals surface area contributed by atoms with Crippen LogP contribution in [-0.2, 0) is 11.2 Å². The number of likely N-dealkylation sites (N-methyl/N-ethyl adjacent to an activating group) is 1. The largest absolute Gasteiger partial charge is 0.365 e. The molecule has 0 aliphatic carbocycles. The van der Waals surface area contributed by atoms with Gasteiger partial charge in [-0.25, -0.2) is 0 Å². The molecule has 0 bridgehead atoms. The Kier molecular flexibility index (Phi) is 2.53. The molecule has 0 aromatic carbocycles. The Balaban J connectivity index is 2.58. The number of hydrogen-bond acceptors (Lipinski definition) is 1. The summed E-state index contributed by atoms with van der Waals surface area (Å²) < 4.78 is 0. The minimum absolute atomic E-state index is 0.133. The van der Waals surface area contributed by atoms with Crippen molar-refractivity contribution in [3.63, 3.8) is 0 Å². The summed E-state index contributed by atoms with van der Waals surface area (Å²) in [6.07, 6.45) is 2.36. The van der Waals surface area contributed by atoms with Crippen LogP contribution >= 0.6 is 0 Å². The number of amides is 1. The lowest BCUT2D eigenvalue weighted by molar-refractivity contribution is -0.127.